The van der Waals surface area contributed by atoms with E-state index in [0.29, 0.717) is 11.3 Å². The topological polar surface area (TPSA) is 139 Å². The second-order valence-electron chi connectivity index (χ2n) is 7.20. The Labute approximate surface area is 188 Å². The molecule has 0 saturated heterocycles. The number of non-ortho nitro benzene ring substituents is 1. The number of carbonyl (C=O) groups is 2. The molecule has 3 N–H and O–H groups in total. The van der Waals surface area contributed by atoms with E-state index in [2.05, 4.69) is 20.6 Å². The number of benzene rings is 2. The third-order valence-electron chi connectivity index (χ3n) is 4.99. The van der Waals surface area contributed by atoms with Gasteiger partial charge in [0.1, 0.15) is 11.9 Å². The average molecular weight is 455 g/mol. The Balaban J connectivity index is 1.72. The van der Waals surface area contributed by atoms with Gasteiger partial charge >= 0.3 is 5.97 Å². The molecular weight excluding hydrogens is 433 g/mol. The van der Waals surface area contributed by atoms with Crippen LogP contribution >= 0.6 is 0 Å². The molecule has 33 heavy (non-hydrogen) atoms. The smallest absolute Gasteiger partial charge is 0.328 e. The lowest BCUT2D eigenvalue weighted by Crippen LogP contribution is -2.43. The predicted octanol–water partition coefficient (Wildman–Crippen LogP) is 2.89. The van der Waals surface area contributed by atoms with Gasteiger partial charge < -0.3 is 20.4 Å². The van der Waals surface area contributed by atoms with Gasteiger partial charge in [0, 0.05) is 29.8 Å². The van der Waals surface area contributed by atoms with Gasteiger partial charge in [-0.3, -0.25) is 14.9 Å². The number of ether oxygens (including phenoxy) is 1. The van der Waals surface area contributed by atoms with Gasteiger partial charge in [-0.05, 0) is 30.7 Å². The number of H-pyrrole nitrogens is 1. The van der Waals surface area contributed by atoms with Crippen molar-refractivity contribution < 1.29 is 23.6 Å². The number of hydrogen-bond donors (Lipinski definition) is 3. The van der Waals surface area contributed by atoms with Crippen molar-refractivity contribution in [2.45, 2.75) is 25.9 Å². The number of nitrogens with zero attached hydrogens (tertiary/aromatic N) is 2. The number of hydrogen-bond acceptors (Lipinski definition) is 7. The van der Waals surface area contributed by atoms with Crippen molar-refractivity contribution in [1.82, 2.24) is 15.3 Å². The molecule has 0 saturated carbocycles. The Morgan fingerprint density at radius 1 is 1.24 bits per heavy atom. The van der Waals surface area contributed by atoms with Gasteiger partial charge in [0.15, 0.2) is 0 Å². The molecule has 1 aromatic heterocycles. The SMILES string of the molecule is COC(=O)[C@@H](Cc1ccc([N+](=O)[O-])cc1)NC(=O)c1ccc(F)c(NCc2nc[nH]c2C)c1. The monoisotopic (exact) mass is 455 g/mol. The van der Waals surface area contributed by atoms with E-state index < -0.39 is 28.7 Å². The quantitative estimate of drug-likeness (QED) is 0.256. The molecule has 0 aliphatic heterocycles. The van der Waals surface area contributed by atoms with Crippen LogP contribution in [0, 0.1) is 22.9 Å². The summed E-state index contributed by atoms with van der Waals surface area (Å²) in [6, 6.07) is 8.36. The van der Waals surface area contributed by atoms with E-state index in [1.165, 1.54) is 49.8 Å². The lowest BCUT2D eigenvalue weighted by molar-refractivity contribution is -0.384. The molecule has 10 nitrogen and oxygen atoms in total. The highest BCUT2D eigenvalue weighted by atomic mass is 19.1. The molecule has 3 rings (SSSR count). The molecule has 2 aromatic carbocycles. The number of nitro benzene ring substituents is 1. The zero-order chi connectivity index (χ0) is 24.0. The Bertz CT molecular complexity index is 1160. The van der Waals surface area contributed by atoms with E-state index >= 15 is 0 Å². The van der Waals surface area contributed by atoms with E-state index in [1.807, 2.05) is 6.92 Å². The lowest BCUT2D eigenvalue weighted by Gasteiger charge is -2.17. The van der Waals surface area contributed by atoms with Crippen molar-refractivity contribution in [2.24, 2.45) is 0 Å². The third kappa shape index (κ3) is 5.91. The van der Waals surface area contributed by atoms with Crippen LogP contribution < -0.4 is 10.6 Å². The molecule has 0 aliphatic rings. The van der Waals surface area contributed by atoms with Crippen molar-refractivity contribution in [3.05, 3.63) is 87.2 Å². The number of amides is 1. The van der Waals surface area contributed by atoms with Gasteiger partial charge in [-0.25, -0.2) is 14.2 Å². The molecule has 0 spiro atoms. The normalized spacial score (nSPS) is 11.5. The minimum Gasteiger partial charge on any atom is -0.467 e. The molecular formula is C22H22FN5O5. The first-order valence-electron chi connectivity index (χ1n) is 9.92. The molecule has 0 bridgehead atoms. The molecule has 1 amide bonds. The number of imidazole rings is 1. The average Bonchev–Trinajstić information content (AvgIpc) is 3.22. The summed E-state index contributed by atoms with van der Waals surface area (Å²) in [6.45, 7) is 2.09. The van der Waals surface area contributed by atoms with Gasteiger partial charge in [0.2, 0.25) is 0 Å². The molecule has 3 aromatic rings. The van der Waals surface area contributed by atoms with Crippen molar-refractivity contribution in [3.63, 3.8) is 0 Å². The van der Waals surface area contributed by atoms with Gasteiger partial charge in [-0.2, -0.15) is 0 Å². The first-order chi connectivity index (χ1) is 15.8. The first-order valence-corrected chi connectivity index (χ1v) is 9.92. The fourth-order valence-corrected chi connectivity index (χ4v) is 3.11. The maximum atomic E-state index is 14.2. The van der Waals surface area contributed by atoms with Crippen LogP contribution in [-0.2, 0) is 22.5 Å². The van der Waals surface area contributed by atoms with E-state index in [-0.39, 0.29) is 29.9 Å². The molecule has 0 aliphatic carbocycles. The summed E-state index contributed by atoms with van der Waals surface area (Å²) in [5.41, 5.74) is 2.29. The summed E-state index contributed by atoms with van der Waals surface area (Å²) in [6.07, 6.45) is 1.59. The van der Waals surface area contributed by atoms with Crippen LogP contribution in [0.15, 0.2) is 48.8 Å². The molecule has 11 heteroatoms. The number of esters is 1. The van der Waals surface area contributed by atoms with E-state index in [1.54, 1.807) is 0 Å². The zero-order valence-corrected chi connectivity index (χ0v) is 17.9. The summed E-state index contributed by atoms with van der Waals surface area (Å²) in [4.78, 5) is 42.3. The minimum atomic E-state index is -1.04. The van der Waals surface area contributed by atoms with Crippen molar-refractivity contribution >= 4 is 23.3 Å². The van der Waals surface area contributed by atoms with Gasteiger partial charge in [0.25, 0.3) is 11.6 Å². The summed E-state index contributed by atoms with van der Waals surface area (Å²) in [7, 11) is 1.19. The van der Waals surface area contributed by atoms with Crippen molar-refractivity contribution in [2.75, 3.05) is 12.4 Å². The van der Waals surface area contributed by atoms with Crippen LogP contribution in [0.25, 0.3) is 0 Å². The minimum absolute atomic E-state index is 0.0567. The molecule has 0 fully saturated rings. The van der Waals surface area contributed by atoms with Crippen LogP contribution in [0.3, 0.4) is 0 Å². The maximum Gasteiger partial charge on any atom is 0.328 e. The summed E-state index contributed by atoms with van der Waals surface area (Å²) in [5, 5.41) is 16.3. The largest absolute Gasteiger partial charge is 0.467 e. The van der Waals surface area contributed by atoms with Gasteiger partial charge in [0.05, 0.1) is 36.3 Å². The number of aromatic nitrogens is 2. The Morgan fingerprint density at radius 3 is 2.58 bits per heavy atom. The number of anilines is 1. The fraction of sp³-hybridized carbons (Fsp3) is 0.227. The van der Waals surface area contributed by atoms with E-state index in [0.717, 1.165) is 11.8 Å². The van der Waals surface area contributed by atoms with Gasteiger partial charge in [-0.1, -0.05) is 12.1 Å². The van der Waals surface area contributed by atoms with Crippen molar-refractivity contribution in [1.29, 1.82) is 0 Å². The number of aromatic amines is 1. The van der Waals surface area contributed by atoms with Crippen LogP contribution in [-0.4, -0.2) is 39.9 Å². The third-order valence-corrected chi connectivity index (χ3v) is 4.99. The van der Waals surface area contributed by atoms with Gasteiger partial charge in [-0.15, -0.1) is 0 Å². The Morgan fingerprint density at radius 2 is 1.97 bits per heavy atom. The summed E-state index contributed by atoms with van der Waals surface area (Å²) >= 11 is 0. The number of nitrogens with one attached hydrogen (secondary N) is 3. The second-order valence-corrected chi connectivity index (χ2v) is 7.20. The Kier molecular flexibility index (Phi) is 7.34. The van der Waals surface area contributed by atoms with Crippen LogP contribution in [0.1, 0.15) is 27.3 Å². The molecule has 1 atom stereocenters. The number of nitro groups is 1. The lowest BCUT2D eigenvalue weighted by atomic mass is 10.0. The maximum absolute atomic E-state index is 14.2. The number of halogens is 1. The van der Waals surface area contributed by atoms with Crippen molar-refractivity contribution in [3.8, 4) is 0 Å². The van der Waals surface area contributed by atoms with Crippen LogP contribution in [0.2, 0.25) is 0 Å². The van der Waals surface area contributed by atoms with Crippen LogP contribution in [0.4, 0.5) is 15.8 Å². The standard InChI is InChI=1S/C22H22FN5O5/c1-13-20(26-12-25-13)11-24-18-10-15(5-8-17(18)23)21(29)27-19(22(30)33-2)9-14-3-6-16(7-4-14)28(31)32/h3-8,10,12,19,24H,9,11H2,1-2H3,(H,25,26)(H,27,29)/t19-/m1/s1. The highest BCUT2D eigenvalue weighted by Crippen LogP contribution is 2.18. The van der Waals surface area contributed by atoms with E-state index in [9.17, 15) is 24.1 Å². The molecule has 0 unspecified atom stereocenters. The van der Waals surface area contributed by atoms with Crippen LogP contribution in [0.5, 0.6) is 0 Å². The summed E-state index contributed by atoms with van der Waals surface area (Å²) in [5.74, 6) is -1.84. The predicted molar refractivity (Wildman–Crippen MR) is 117 cm³/mol. The zero-order valence-electron chi connectivity index (χ0n) is 17.9. The number of carbonyl (C=O) groups excluding carboxylic acids is 2. The summed E-state index contributed by atoms with van der Waals surface area (Å²) < 4.78 is 19.0. The molecule has 172 valence electrons. The first kappa shape index (κ1) is 23.4. The highest BCUT2D eigenvalue weighted by Gasteiger charge is 2.23. The number of methoxy groups -OCH3 is 1. The number of rotatable bonds is 9. The highest BCUT2D eigenvalue weighted by molar-refractivity contribution is 5.97. The fourth-order valence-electron chi connectivity index (χ4n) is 3.11. The Hall–Kier alpha value is -4.28. The second kappa shape index (κ2) is 10.4. The molecule has 1 heterocycles. The number of aryl methyl sites for hydroxylation is 1. The van der Waals surface area contributed by atoms with E-state index in [4.69, 9.17) is 4.74 Å². The molecule has 0 radical (unpaired) electrons.